The molecule has 4 heteroatoms. The molecule has 0 aromatic carbocycles. The fraction of sp³-hybridized carbons (Fsp3) is 0.818. The smallest absolute Gasteiger partial charge is 0.153 e. The van der Waals surface area contributed by atoms with Crippen molar-refractivity contribution in [3.8, 4) is 0 Å². The van der Waals surface area contributed by atoms with Gasteiger partial charge >= 0.3 is 0 Å². The maximum Gasteiger partial charge on any atom is 0.153 e. The molecule has 2 N–H and O–H groups in total. The first-order valence-electron chi connectivity index (χ1n) is 5.98. The molecule has 0 spiro atoms. The van der Waals surface area contributed by atoms with Crippen LogP contribution in [0.5, 0.6) is 0 Å². The summed E-state index contributed by atoms with van der Waals surface area (Å²) in [7, 11) is 0. The van der Waals surface area contributed by atoms with E-state index in [0.717, 1.165) is 24.1 Å². The van der Waals surface area contributed by atoms with Crippen molar-refractivity contribution in [1.29, 1.82) is 0 Å². The van der Waals surface area contributed by atoms with Crippen molar-refractivity contribution >= 4 is 0 Å². The number of H-pyrrole nitrogens is 1. The van der Waals surface area contributed by atoms with E-state index in [9.17, 15) is 0 Å². The van der Waals surface area contributed by atoms with Gasteiger partial charge < -0.3 is 5.32 Å². The normalized spacial score (nSPS) is 31.8. The molecule has 15 heavy (non-hydrogen) atoms. The predicted molar refractivity (Wildman–Crippen MR) is 57.5 cm³/mol. The van der Waals surface area contributed by atoms with E-state index < -0.39 is 0 Å². The molecule has 1 aliphatic carbocycles. The van der Waals surface area contributed by atoms with E-state index in [-0.39, 0.29) is 0 Å². The largest absolute Gasteiger partial charge is 0.307 e. The van der Waals surface area contributed by atoms with Gasteiger partial charge in [-0.05, 0) is 38.1 Å². The Bertz CT molecular complexity index is 342. The van der Waals surface area contributed by atoms with Gasteiger partial charge in [-0.25, -0.2) is 4.98 Å². The van der Waals surface area contributed by atoms with Crippen LogP contribution in [0.4, 0.5) is 0 Å². The van der Waals surface area contributed by atoms with E-state index in [1.54, 1.807) is 0 Å². The van der Waals surface area contributed by atoms with Crippen LogP contribution < -0.4 is 5.32 Å². The molecular weight excluding hydrogens is 188 g/mol. The zero-order chi connectivity index (χ0) is 10.3. The molecule has 1 aromatic heterocycles. The summed E-state index contributed by atoms with van der Waals surface area (Å²) in [5.74, 6) is 3.52. The van der Waals surface area contributed by atoms with Crippen molar-refractivity contribution in [3.63, 3.8) is 0 Å². The molecule has 1 aliphatic heterocycles. The standard InChI is InChI=1S/C11H18N4/c1-7-4-5-12-9(6-7)11-13-10(14-15-11)8-2-3-8/h7-9,12H,2-6H2,1H3,(H,13,14,15). The summed E-state index contributed by atoms with van der Waals surface area (Å²) in [5.41, 5.74) is 0. The third kappa shape index (κ3) is 1.91. The summed E-state index contributed by atoms with van der Waals surface area (Å²) in [6, 6.07) is 0.397. The van der Waals surface area contributed by atoms with Gasteiger partial charge in [-0.2, -0.15) is 5.10 Å². The van der Waals surface area contributed by atoms with Crippen LogP contribution in [0, 0.1) is 5.92 Å². The van der Waals surface area contributed by atoms with Crippen molar-refractivity contribution in [2.45, 2.75) is 44.6 Å². The van der Waals surface area contributed by atoms with E-state index in [2.05, 4.69) is 27.4 Å². The summed E-state index contributed by atoms with van der Waals surface area (Å²) in [4.78, 5) is 4.60. The summed E-state index contributed by atoms with van der Waals surface area (Å²) < 4.78 is 0. The number of nitrogens with zero attached hydrogens (tertiary/aromatic N) is 2. The topological polar surface area (TPSA) is 53.6 Å². The first-order chi connectivity index (χ1) is 7.33. The molecule has 1 saturated carbocycles. The van der Waals surface area contributed by atoms with E-state index in [1.807, 2.05) is 0 Å². The number of hydrogen-bond acceptors (Lipinski definition) is 3. The third-order valence-electron chi connectivity index (χ3n) is 3.46. The molecule has 2 unspecified atom stereocenters. The van der Waals surface area contributed by atoms with Crippen LogP contribution >= 0.6 is 0 Å². The Hall–Kier alpha value is -0.900. The first-order valence-corrected chi connectivity index (χ1v) is 5.98. The summed E-state index contributed by atoms with van der Waals surface area (Å²) >= 11 is 0. The molecule has 82 valence electrons. The fourth-order valence-corrected chi connectivity index (χ4v) is 2.28. The minimum absolute atomic E-state index is 0.397. The van der Waals surface area contributed by atoms with Crippen LogP contribution in [-0.2, 0) is 0 Å². The van der Waals surface area contributed by atoms with Gasteiger partial charge in [0, 0.05) is 5.92 Å². The highest BCUT2D eigenvalue weighted by molar-refractivity contribution is 5.07. The quantitative estimate of drug-likeness (QED) is 0.775. The van der Waals surface area contributed by atoms with Crippen LogP contribution in [0.2, 0.25) is 0 Å². The van der Waals surface area contributed by atoms with Crippen LogP contribution in [0.15, 0.2) is 0 Å². The van der Waals surface area contributed by atoms with Crippen molar-refractivity contribution in [3.05, 3.63) is 11.6 Å². The second-order valence-electron chi connectivity index (χ2n) is 4.99. The second kappa shape index (κ2) is 3.59. The molecule has 0 amide bonds. The minimum atomic E-state index is 0.397. The average molecular weight is 206 g/mol. The van der Waals surface area contributed by atoms with E-state index in [0.29, 0.717) is 12.0 Å². The third-order valence-corrected chi connectivity index (χ3v) is 3.46. The molecule has 2 heterocycles. The SMILES string of the molecule is CC1CCNC(c2nc(C3CC3)n[nH]2)C1. The van der Waals surface area contributed by atoms with Gasteiger partial charge in [0.05, 0.1) is 6.04 Å². The first kappa shape index (κ1) is 9.33. The van der Waals surface area contributed by atoms with Gasteiger partial charge in [0.2, 0.25) is 0 Å². The fourth-order valence-electron chi connectivity index (χ4n) is 2.28. The Morgan fingerprint density at radius 3 is 2.87 bits per heavy atom. The van der Waals surface area contributed by atoms with Gasteiger partial charge in [-0.1, -0.05) is 6.92 Å². The van der Waals surface area contributed by atoms with E-state index >= 15 is 0 Å². The number of aromatic amines is 1. The number of hydrogen-bond donors (Lipinski definition) is 2. The van der Waals surface area contributed by atoms with Gasteiger partial charge in [0.15, 0.2) is 5.82 Å². The molecule has 2 aliphatic rings. The number of nitrogens with one attached hydrogen (secondary N) is 2. The molecular formula is C11H18N4. The molecule has 1 saturated heterocycles. The molecule has 2 fully saturated rings. The van der Waals surface area contributed by atoms with Crippen LogP contribution in [-0.4, -0.2) is 21.7 Å². The van der Waals surface area contributed by atoms with Gasteiger partial charge in [-0.3, -0.25) is 5.10 Å². The molecule has 1 aromatic rings. The van der Waals surface area contributed by atoms with Crippen molar-refractivity contribution in [2.24, 2.45) is 5.92 Å². The molecule has 0 bridgehead atoms. The van der Waals surface area contributed by atoms with Gasteiger partial charge in [-0.15, -0.1) is 0 Å². The lowest BCUT2D eigenvalue weighted by Crippen LogP contribution is -2.31. The highest BCUT2D eigenvalue weighted by Gasteiger charge is 2.29. The Labute approximate surface area is 89.9 Å². The molecule has 4 nitrogen and oxygen atoms in total. The average Bonchev–Trinajstić information content (AvgIpc) is 2.97. The second-order valence-corrected chi connectivity index (χ2v) is 4.99. The van der Waals surface area contributed by atoms with E-state index in [1.165, 1.54) is 25.7 Å². The number of piperidine rings is 1. The van der Waals surface area contributed by atoms with Crippen molar-refractivity contribution < 1.29 is 0 Å². The van der Waals surface area contributed by atoms with Gasteiger partial charge in [0.1, 0.15) is 5.82 Å². The summed E-state index contributed by atoms with van der Waals surface area (Å²) in [6.07, 6.45) is 5.00. The monoisotopic (exact) mass is 206 g/mol. The van der Waals surface area contributed by atoms with Crippen LogP contribution in [0.1, 0.15) is 56.2 Å². The maximum absolute atomic E-state index is 4.60. The summed E-state index contributed by atoms with van der Waals surface area (Å²) in [6.45, 7) is 3.41. The number of aromatic nitrogens is 3. The van der Waals surface area contributed by atoms with E-state index in [4.69, 9.17) is 0 Å². The molecule has 0 radical (unpaired) electrons. The summed E-state index contributed by atoms with van der Waals surface area (Å²) in [5, 5.41) is 10.9. The lowest BCUT2D eigenvalue weighted by molar-refractivity contribution is 0.316. The highest BCUT2D eigenvalue weighted by atomic mass is 15.2. The zero-order valence-electron chi connectivity index (χ0n) is 9.16. The number of rotatable bonds is 2. The lowest BCUT2D eigenvalue weighted by atomic mass is 9.94. The van der Waals surface area contributed by atoms with Gasteiger partial charge in [0.25, 0.3) is 0 Å². The maximum atomic E-state index is 4.60. The highest BCUT2D eigenvalue weighted by Crippen LogP contribution is 2.38. The molecule has 3 rings (SSSR count). The molecule has 2 atom stereocenters. The Kier molecular flexibility index (Phi) is 2.24. The van der Waals surface area contributed by atoms with Crippen LogP contribution in [0.25, 0.3) is 0 Å². The lowest BCUT2D eigenvalue weighted by Gasteiger charge is -2.26. The Morgan fingerprint density at radius 2 is 2.13 bits per heavy atom. The predicted octanol–water partition coefficient (Wildman–Crippen LogP) is 1.74. The van der Waals surface area contributed by atoms with Crippen molar-refractivity contribution in [2.75, 3.05) is 6.54 Å². The Balaban J connectivity index is 1.73. The van der Waals surface area contributed by atoms with Crippen LogP contribution in [0.3, 0.4) is 0 Å². The zero-order valence-corrected chi connectivity index (χ0v) is 9.16. The van der Waals surface area contributed by atoms with Crippen molar-refractivity contribution in [1.82, 2.24) is 20.5 Å². The minimum Gasteiger partial charge on any atom is -0.307 e. The Morgan fingerprint density at radius 1 is 1.27 bits per heavy atom.